The van der Waals surface area contributed by atoms with Gasteiger partial charge < -0.3 is 10.1 Å². The Morgan fingerprint density at radius 1 is 1.41 bits per heavy atom. The van der Waals surface area contributed by atoms with Crippen LogP contribution >= 0.6 is 23.8 Å². The molecule has 0 aromatic heterocycles. The van der Waals surface area contributed by atoms with E-state index in [0.717, 1.165) is 55.1 Å². The van der Waals surface area contributed by atoms with Crippen molar-refractivity contribution in [3.05, 3.63) is 34.9 Å². The number of rotatable bonds is 6. The van der Waals surface area contributed by atoms with Crippen molar-refractivity contribution in [1.29, 1.82) is 0 Å². The van der Waals surface area contributed by atoms with E-state index in [1.807, 2.05) is 24.3 Å². The minimum Gasteiger partial charge on any atom is -0.376 e. The fourth-order valence-electron chi connectivity index (χ4n) is 2.31. The number of nitrogens with zero attached hydrogens (tertiary/aromatic N) is 1. The molecule has 6 heteroatoms. The standard InChI is InChI=1S/C16H22ClN3OS/c1-2-4-15(12-6-8-13(17)9-7-12)19-20-16(22)18-11-14-5-3-10-21-14/h6-9,14H,2-5,10-11H2,1H3,(H2,18,20,22)/b19-15-/t14-/m0/s1. The third-order valence-electron chi connectivity index (χ3n) is 3.47. The number of hydrazone groups is 1. The zero-order chi connectivity index (χ0) is 15.8. The summed E-state index contributed by atoms with van der Waals surface area (Å²) in [7, 11) is 0. The molecule has 0 radical (unpaired) electrons. The molecule has 1 aliphatic rings. The van der Waals surface area contributed by atoms with Crippen molar-refractivity contribution in [2.45, 2.75) is 38.7 Å². The number of nitrogens with one attached hydrogen (secondary N) is 2. The lowest BCUT2D eigenvalue weighted by Crippen LogP contribution is -2.37. The van der Waals surface area contributed by atoms with E-state index >= 15 is 0 Å². The molecule has 1 atom stereocenters. The van der Waals surface area contributed by atoms with Gasteiger partial charge in [0.05, 0.1) is 11.8 Å². The largest absolute Gasteiger partial charge is 0.376 e. The lowest BCUT2D eigenvalue weighted by Gasteiger charge is -2.13. The van der Waals surface area contributed by atoms with Crippen molar-refractivity contribution in [3.63, 3.8) is 0 Å². The molecule has 1 heterocycles. The molecule has 1 aromatic rings. The van der Waals surface area contributed by atoms with Crippen LogP contribution in [-0.4, -0.2) is 30.1 Å². The highest BCUT2D eigenvalue weighted by atomic mass is 35.5. The number of halogens is 1. The summed E-state index contributed by atoms with van der Waals surface area (Å²) in [5.41, 5.74) is 4.95. The fraction of sp³-hybridized carbons (Fsp3) is 0.500. The molecule has 120 valence electrons. The number of hydrogen-bond acceptors (Lipinski definition) is 3. The van der Waals surface area contributed by atoms with E-state index < -0.39 is 0 Å². The summed E-state index contributed by atoms with van der Waals surface area (Å²) in [5.74, 6) is 0. The van der Waals surface area contributed by atoms with E-state index in [0.29, 0.717) is 5.11 Å². The number of thiocarbonyl (C=S) groups is 1. The number of hydrogen-bond donors (Lipinski definition) is 2. The maximum absolute atomic E-state index is 5.93. The summed E-state index contributed by atoms with van der Waals surface area (Å²) in [5, 5.41) is 8.84. The van der Waals surface area contributed by atoms with Gasteiger partial charge in [-0.1, -0.05) is 37.1 Å². The van der Waals surface area contributed by atoms with Crippen LogP contribution in [0.4, 0.5) is 0 Å². The Bertz CT molecular complexity index is 513. The molecular formula is C16H22ClN3OS. The quantitative estimate of drug-likeness (QED) is 0.473. The van der Waals surface area contributed by atoms with E-state index in [4.69, 9.17) is 28.6 Å². The lowest BCUT2D eigenvalue weighted by molar-refractivity contribution is 0.114. The van der Waals surface area contributed by atoms with Gasteiger partial charge in [0.1, 0.15) is 0 Å². The second-order valence-corrected chi connectivity index (χ2v) is 6.12. The highest BCUT2D eigenvalue weighted by Gasteiger charge is 2.15. The summed E-state index contributed by atoms with van der Waals surface area (Å²) in [6.45, 7) is 3.70. The van der Waals surface area contributed by atoms with Gasteiger partial charge in [0, 0.05) is 18.2 Å². The monoisotopic (exact) mass is 339 g/mol. The van der Waals surface area contributed by atoms with Crippen molar-refractivity contribution >= 4 is 34.6 Å². The minimum atomic E-state index is 0.259. The first-order valence-electron chi connectivity index (χ1n) is 7.67. The summed E-state index contributed by atoms with van der Waals surface area (Å²) >= 11 is 11.2. The minimum absolute atomic E-state index is 0.259. The van der Waals surface area contributed by atoms with Gasteiger partial charge in [-0.2, -0.15) is 5.10 Å². The van der Waals surface area contributed by atoms with Crippen LogP contribution in [0, 0.1) is 0 Å². The van der Waals surface area contributed by atoms with Gasteiger partial charge in [-0.25, -0.2) is 0 Å². The third kappa shape index (κ3) is 5.55. The summed E-state index contributed by atoms with van der Waals surface area (Å²) in [6, 6.07) is 7.69. The fourth-order valence-corrected chi connectivity index (χ4v) is 2.57. The Kier molecular flexibility index (Phi) is 7.09. The van der Waals surface area contributed by atoms with Crippen LogP contribution in [0.25, 0.3) is 0 Å². The summed E-state index contributed by atoms with van der Waals surface area (Å²) < 4.78 is 5.55. The molecule has 1 aromatic carbocycles. The van der Waals surface area contributed by atoms with Gasteiger partial charge in [-0.05, 0) is 49.2 Å². The first-order valence-corrected chi connectivity index (χ1v) is 8.45. The molecule has 1 fully saturated rings. The van der Waals surface area contributed by atoms with Crippen LogP contribution in [0.3, 0.4) is 0 Å². The van der Waals surface area contributed by atoms with Crippen LogP contribution in [0.15, 0.2) is 29.4 Å². The van der Waals surface area contributed by atoms with Crippen molar-refractivity contribution in [2.24, 2.45) is 5.10 Å². The topological polar surface area (TPSA) is 45.7 Å². The van der Waals surface area contributed by atoms with Crippen molar-refractivity contribution in [2.75, 3.05) is 13.2 Å². The van der Waals surface area contributed by atoms with Crippen LogP contribution in [-0.2, 0) is 4.74 Å². The average molecular weight is 340 g/mol. The van der Waals surface area contributed by atoms with E-state index in [1.165, 1.54) is 0 Å². The van der Waals surface area contributed by atoms with Gasteiger partial charge >= 0.3 is 0 Å². The van der Waals surface area contributed by atoms with Crippen molar-refractivity contribution < 1.29 is 4.74 Å². The van der Waals surface area contributed by atoms with Crippen molar-refractivity contribution in [1.82, 2.24) is 10.7 Å². The predicted molar refractivity (Wildman–Crippen MR) is 95.6 cm³/mol. The van der Waals surface area contributed by atoms with Gasteiger partial charge in [0.15, 0.2) is 5.11 Å². The average Bonchev–Trinajstić information content (AvgIpc) is 3.04. The Labute approximate surface area is 142 Å². The molecule has 2 rings (SSSR count). The van der Waals surface area contributed by atoms with E-state index in [9.17, 15) is 0 Å². The van der Waals surface area contributed by atoms with E-state index in [-0.39, 0.29) is 6.10 Å². The van der Waals surface area contributed by atoms with Gasteiger partial charge in [0.2, 0.25) is 0 Å². The maximum atomic E-state index is 5.93. The molecule has 0 amide bonds. The zero-order valence-electron chi connectivity index (χ0n) is 12.8. The van der Waals surface area contributed by atoms with Gasteiger partial charge in [-0.3, -0.25) is 5.43 Å². The molecule has 0 unspecified atom stereocenters. The molecule has 0 spiro atoms. The first-order chi connectivity index (χ1) is 10.7. The van der Waals surface area contributed by atoms with Gasteiger partial charge in [0.25, 0.3) is 0 Å². The Morgan fingerprint density at radius 2 is 2.18 bits per heavy atom. The third-order valence-corrected chi connectivity index (χ3v) is 3.96. The SMILES string of the molecule is CCC/C(=N/NC(=S)NC[C@@H]1CCCO1)c1ccc(Cl)cc1. The normalized spacial score (nSPS) is 18.3. The predicted octanol–water partition coefficient (Wildman–Crippen LogP) is 3.49. The molecule has 0 saturated carbocycles. The lowest BCUT2D eigenvalue weighted by atomic mass is 10.1. The van der Waals surface area contributed by atoms with E-state index in [1.54, 1.807) is 0 Å². The molecule has 2 N–H and O–H groups in total. The Morgan fingerprint density at radius 3 is 2.82 bits per heavy atom. The molecule has 0 bridgehead atoms. The first kappa shape index (κ1) is 17.2. The molecule has 0 aliphatic carbocycles. The summed E-state index contributed by atoms with van der Waals surface area (Å²) in [6.07, 6.45) is 4.37. The maximum Gasteiger partial charge on any atom is 0.187 e. The number of benzene rings is 1. The smallest absolute Gasteiger partial charge is 0.187 e. The van der Waals surface area contributed by atoms with Crippen LogP contribution in [0.2, 0.25) is 5.02 Å². The van der Waals surface area contributed by atoms with E-state index in [2.05, 4.69) is 22.8 Å². The van der Waals surface area contributed by atoms with Crippen LogP contribution in [0.1, 0.15) is 38.2 Å². The Hall–Kier alpha value is -1.17. The second-order valence-electron chi connectivity index (χ2n) is 5.27. The molecule has 1 aliphatic heterocycles. The highest BCUT2D eigenvalue weighted by Crippen LogP contribution is 2.12. The molecule has 1 saturated heterocycles. The van der Waals surface area contributed by atoms with Crippen LogP contribution < -0.4 is 10.7 Å². The van der Waals surface area contributed by atoms with Crippen molar-refractivity contribution in [3.8, 4) is 0 Å². The molecule has 22 heavy (non-hydrogen) atoms. The zero-order valence-corrected chi connectivity index (χ0v) is 14.3. The highest BCUT2D eigenvalue weighted by molar-refractivity contribution is 7.80. The molecular weight excluding hydrogens is 318 g/mol. The summed E-state index contributed by atoms with van der Waals surface area (Å²) in [4.78, 5) is 0. The number of ether oxygens (including phenoxy) is 1. The van der Waals surface area contributed by atoms with Gasteiger partial charge in [-0.15, -0.1) is 0 Å². The second kappa shape index (κ2) is 9.08. The Balaban J connectivity index is 1.88. The van der Waals surface area contributed by atoms with Crippen LogP contribution in [0.5, 0.6) is 0 Å². The molecule has 4 nitrogen and oxygen atoms in total.